The van der Waals surface area contributed by atoms with Crippen molar-refractivity contribution in [2.75, 3.05) is 0 Å². The normalized spacial score (nSPS) is 18.2. The molecule has 3 heterocycles. The van der Waals surface area contributed by atoms with Gasteiger partial charge in [0.15, 0.2) is 11.8 Å². The van der Waals surface area contributed by atoms with E-state index in [4.69, 9.17) is 11.6 Å². The number of rotatable bonds is 4. The van der Waals surface area contributed by atoms with Crippen molar-refractivity contribution in [2.24, 2.45) is 4.99 Å². The maximum absolute atomic E-state index is 12.5. The fraction of sp³-hybridized carbons (Fsp3) is 0.111. The number of ketones is 1. The second kappa shape index (κ2) is 8.13. The Morgan fingerprint density at radius 1 is 1.23 bits per heavy atom. The lowest BCUT2D eigenvalue weighted by Crippen LogP contribution is -2.57. The number of carbonyl (C=O) groups is 3. The van der Waals surface area contributed by atoms with E-state index in [1.807, 2.05) is 24.3 Å². The van der Waals surface area contributed by atoms with Crippen LogP contribution in [0.15, 0.2) is 57.5 Å². The Hall–Kier alpha value is -3.22. The maximum atomic E-state index is 12.5. The number of carbonyl (C=O) groups excluding carboxylic acids is 3. The van der Waals surface area contributed by atoms with E-state index in [9.17, 15) is 22.8 Å². The Morgan fingerprint density at radius 3 is 2.71 bits per heavy atom. The summed E-state index contributed by atoms with van der Waals surface area (Å²) in [5.41, 5.74) is 1.70. The monoisotopic (exact) mass is 479 g/mol. The third-order valence-corrected chi connectivity index (χ3v) is 7.42. The summed E-state index contributed by atoms with van der Waals surface area (Å²) >= 11 is 6.47. The largest absolute Gasteiger partial charge is 0.329 e. The summed E-state index contributed by atoms with van der Waals surface area (Å²) in [4.78, 5) is 42.9. The quantitative estimate of drug-likeness (QED) is 0.568. The van der Waals surface area contributed by atoms with Gasteiger partial charge in [0.25, 0.3) is 15.9 Å². The van der Waals surface area contributed by atoms with Crippen molar-refractivity contribution in [2.45, 2.75) is 16.8 Å². The van der Waals surface area contributed by atoms with Gasteiger partial charge in [-0.25, -0.2) is 22.9 Å². The first kappa shape index (κ1) is 21.0. The summed E-state index contributed by atoms with van der Waals surface area (Å²) in [6.45, 7) is 0.388. The van der Waals surface area contributed by atoms with Crippen LogP contribution in [0.5, 0.6) is 0 Å². The minimum absolute atomic E-state index is 0.182. The second-order valence-electron chi connectivity index (χ2n) is 6.49. The lowest BCUT2D eigenvalue weighted by molar-refractivity contribution is -0.129. The molecular formula is C18H14ClN5O5S2. The molecule has 10 nitrogen and oxygen atoms in total. The first-order valence-corrected chi connectivity index (χ1v) is 11.4. The highest BCUT2D eigenvalue weighted by Gasteiger charge is 2.34. The van der Waals surface area contributed by atoms with Crippen LogP contribution in [0.1, 0.15) is 5.56 Å². The number of nitrogens with one attached hydrogen (secondary N) is 3. The van der Waals surface area contributed by atoms with Crippen molar-refractivity contribution in [3.63, 3.8) is 0 Å². The molecule has 1 unspecified atom stereocenters. The number of hydrogen-bond donors (Lipinski definition) is 3. The van der Waals surface area contributed by atoms with E-state index in [2.05, 4.69) is 15.6 Å². The molecule has 0 radical (unpaired) electrons. The zero-order chi connectivity index (χ0) is 22.2. The lowest BCUT2D eigenvalue weighted by Gasteiger charge is -2.30. The zero-order valence-electron chi connectivity index (χ0n) is 15.5. The van der Waals surface area contributed by atoms with Gasteiger partial charge in [-0.3, -0.25) is 9.59 Å². The molecule has 2 aliphatic rings. The van der Waals surface area contributed by atoms with Gasteiger partial charge in [-0.15, -0.1) is 11.3 Å². The minimum Gasteiger partial charge on any atom is -0.319 e. The molecule has 0 saturated heterocycles. The molecule has 1 aromatic carbocycles. The number of thiophene rings is 1. The summed E-state index contributed by atoms with van der Waals surface area (Å²) < 4.78 is 26.2. The van der Waals surface area contributed by atoms with Crippen molar-refractivity contribution in [1.29, 1.82) is 0 Å². The van der Waals surface area contributed by atoms with Crippen molar-refractivity contribution in [3.05, 3.63) is 58.2 Å². The van der Waals surface area contributed by atoms with Gasteiger partial charge in [-0.2, -0.15) is 0 Å². The summed E-state index contributed by atoms with van der Waals surface area (Å²) in [6, 6.07) is 7.22. The molecule has 0 saturated carbocycles. The molecule has 1 atom stereocenters. The first-order valence-electron chi connectivity index (χ1n) is 8.77. The average Bonchev–Trinajstić information content (AvgIpc) is 3.17. The number of fused-ring (bicyclic) bond motifs is 1. The third-order valence-electron chi connectivity index (χ3n) is 4.37. The predicted octanol–water partition coefficient (Wildman–Crippen LogP) is 1.47. The van der Waals surface area contributed by atoms with Crippen molar-refractivity contribution in [1.82, 2.24) is 20.3 Å². The van der Waals surface area contributed by atoms with Crippen LogP contribution < -0.4 is 15.4 Å². The Kier molecular flexibility index (Phi) is 5.52. The van der Waals surface area contributed by atoms with Gasteiger partial charge in [0.2, 0.25) is 0 Å². The van der Waals surface area contributed by atoms with E-state index in [1.54, 1.807) is 9.62 Å². The highest BCUT2D eigenvalue weighted by Crippen LogP contribution is 2.26. The maximum Gasteiger partial charge on any atom is 0.329 e. The smallest absolute Gasteiger partial charge is 0.319 e. The number of para-hydroxylation sites is 1. The highest BCUT2D eigenvalue weighted by atomic mass is 35.5. The minimum atomic E-state index is -4.19. The molecule has 2 aliphatic heterocycles. The molecule has 3 amide bonds. The molecule has 3 N–H and O–H groups in total. The Bertz CT molecular complexity index is 1250. The molecular weight excluding hydrogens is 466 g/mol. The van der Waals surface area contributed by atoms with E-state index < -0.39 is 33.8 Å². The van der Waals surface area contributed by atoms with E-state index in [1.165, 1.54) is 18.5 Å². The molecule has 13 heteroatoms. The topological polar surface area (TPSA) is 137 Å². The number of sulfonamides is 1. The van der Waals surface area contributed by atoms with E-state index >= 15 is 0 Å². The van der Waals surface area contributed by atoms with Crippen LogP contribution in [0.2, 0.25) is 4.34 Å². The predicted molar refractivity (Wildman–Crippen MR) is 113 cm³/mol. The lowest BCUT2D eigenvalue weighted by atomic mass is 10.1. The van der Waals surface area contributed by atoms with Gasteiger partial charge in [0.1, 0.15) is 10.0 Å². The number of aliphatic imine (C=N–C) groups is 1. The molecule has 0 aliphatic carbocycles. The molecule has 0 fully saturated rings. The van der Waals surface area contributed by atoms with Crippen molar-refractivity contribution >= 4 is 62.7 Å². The zero-order valence-corrected chi connectivity index (χ0v) is 17.9. The van der Waals surface area contributed by atoms with Crippen LogP contribution in [0.25, 0.3) is 0 Å². The van der Waals surface area contributed by atoms with E-state index in [-0.39, 0.29) is 14.4 Å². The Morgan fingerprint density at radius 2 is 2.00 bits per heavy atom. The summed E-state index contributed by atoms with van der Waals surface area (Å²) in [5.74, 6) is -1.31. The van der Waals surface area contributed by atoms with E-state index in [0.717, 1.165) is 28.7 Å². The average molecular weight is 480 g/mol. The fourth-order valence-corrected chi connectivity index (χ4v) is 5.32. The molecule has 0 bridgehead atoms. The molecule has 0 spiro atoms. The Balaban J connectivity index is 1.43. The number of urea groups is 1. The van der Waals surface area contributed by atoms with Gasteiger partial charge in [-0.05, 0) is 23.8 Å². The molecule has 1 aromatic heterocycles. The third kappa shape index (κ3) is 4.45. The summed E-state index contributed by atoms with van der Waals surface area (Å²) in [6.07, 6.45) is 2.64. The van der Waals surface area contributed by atoms with E-state index in [0.29, 0.717) is 6.54 Å². The van der Waals surface area contributed by atoms with Crippen LogP contribution in [0, 0.1) is 0 Å². The first-order chi connectivity index (χ1) is 14.7. The van der Waals surface area contributed by atoms with Gasteiger partial charge in [0, 0.05) is 6.08 Å². The molecule has 31 heavy (non-hydrogen) atoms. The number of nitrogens with zero attached hydrogens (tertiary/aromatic N) is 2. The van der Waals surface area contributed by atoms with Gasteiger partial charge < -0.3 is 15.5 Å². The van der Waals surface area contributed by atoms with Gasteiger partial charge in [-0.1, -0.05) is 29.8 Å². The van der Waals surface area contributed by atoms with Crippen LogP contribution in [0.3, 0.4) is 0 Å². The highest BCUT2D eigenvalue weighted by molar-refractivity contribution is 7.92. The number of hydrogen-bond acceptors (Lipinski definition) is 8. The number of benzene rings is 1. The van der Waals surface area contributed by atoms with Crippen LogP contribution in [-0.4, -0.2) is 43.4 Å². The van der Waals surface area contributed by atoms with Gasteiger partial charge >= 0.3 is 6.03 Å². The molecule has 160 valence electrons. The molecule has 4 rings (SSSR count). The molecule has 2 aromatic rings. The second-order valence-corrected chi connectivity index (χ2v) is 10.1. The summed E-state index contributed by atoms with van der Waals surface area (Å²) in [5, 5.41) is 4.60. The standard InChI is InChI=1S/C18H14ClN5O5S2/c19-13-5-6-15(30-13)31(28,29)23-18(27)22-16-12(25)7-14(21-17(16)26)24-8-10-3-1-2-4-11(10)20-9-24/h1-7,9,16H,8H2,(H,21,26)(H2,22,23,27). The SMILES string of the molecule is O=C(NC1C(=O)C=C(N2C=Nc3ccccc3C2)NC1=O)NS(=O)(=O)c1ccc(Cl)s1. The summed E-state index contributed by atoms with van der Waals surface area (Å²) in [7, 11) is -4.19. The van der Waals surface area contributed by atoms with Crippen LogP contribution in [0.4, 0.5) is 10.5 Å². The van der Waals surface area contributed by atoms with Crippen LogP contribution in [-0.2, 0) is 26.2 Å². The number of amides is 3. The van der Waals surface area contributed by atoms with Crippen molar-refractivity contribution in [3.8, 4) is 0 Å². The van der Waals surface area contributed by atoms with Crippen molar-refractivity contribution < 1.29 is 22.8 Å². The van der Waals surface area contributed by atoms with Crippen LogP contribution >= 0.6 is 22.9 Å². The number of halogens is 1. The van der Waals surface area contributed by atoms with Gasteiger partial charge in [0.05, 0.1) is 22.9 Å². The Labute approximate surface area is 185 Å². The fourth-order valence-electron chi connectivity index (χ4n) is 2.92.